The van der Waals surface area contributed by atoms with Gasteiger partial charge in [-0.1, -0.05) is 53.7 Å². The molecule has 3 aromatic rings. The molecule has 0 amide bonds. The topological polar surface area (TPSA) is 36.0 Å². The highest BCUT2D eigenvalue weighted by atomic mass is 35.5. The number of aromatic amines is 1. The molecule has 0 radical (unpaired) electrons. The van der Waals surface area contributed by atoms with Crippen molar-refractivity contribution in [3.8, 4) is 0 Å². The van der Waals surface area contributed by atoms with Crippen molar-refractivity contribution in [3.05, 3.63) is 59.1 Å². The number of benzene rings is 2. The highest BCUT2D eigenvalue weighted by Crippen LogP contribution is 2.36. The van der Waals surface area contributed by atoms with Crippen LogP contribution in [0.5, 0.6) is 0 Å². The van der Waals surface area contributed by atoms with E-state index < -0.39 is 0 Å². The molecule has 2 nitrogen and oxygen atoms in total. The van der Waals surface area contributed by atoms with E-state index in [1.807, 2.05) is 36.4 Å². The molecule has 96 valence electrons. The van der Waals surface area contributed by atoms with E-state index in [2.05, 4.69) is 17.1 Å². The lowest BCUT2D eigenvalue weighted by Gasteiger charge is -2.07. The van der Waals surface area contributed by atoms with Gasteiger partial charge in [-0.2, -0.15) is 0 Å². The van der Waals surface area contributed by atoms with Crippen LogP contribution >= 0.6 is 23.4 Å². The first-order valence-corrected chi connectivity index (χ1v) is 7.11. The summed E-state index contributed by atoms with van der Waals surface area (Å²) in [5, 5.41) is 12.2. The van der Waals surface area contributed by atoms with Gasteiger partial charge >= 0.3 is 0 Å². The van der Waals surface area contributed by atoms with Crippen molar-refractivity contribution < 1.29 is 5.11 Å². The normalized spacial score (nSPS) is 11.1. The number of aromatic nitrogens is 1. The molecule has 2 N–H and O–H groups in total. The molecule has 0 fully saturated rings. The molecule has 0 saturated carbocycles. The van der Waals surface area contributed by atoms with Crippen LogP contribution in [-0.4, -0.2) is 10.1 Å². The van der Waals surface area contributed by atoms with Gasteiger partial charge in [-0.25, -0.2) is 0 Å². The Hall–Kier alpha value is -1.42. The molecule has 0 bridgehead atoms. The van der Waals surface area contributed by atoms with E-state index >= 15 is 0 Å². The number of aliphatic hydroxyl groups excluding tert-OH is 1. The van der Waals surface area contributed by atoms with Gasteiger partial charge < -0.3 is 10.1 Å². The SMILES string of the molecule is OCc1cccc(Cl)c1Sc1cc2ccccc2[nH]1. The van der Waals surface area contributed by atoms with E-state index in [0.29, 0.717) is 5.02 Å². The van der Waals surface area contributed by atoms with Crippen LogP contribution in [0.3, 0.4) is 0 Å². The molecule has 1 aromatic heterocycles. The average molecular weight is 290 g/mol. The van der Waals surface area contributed by atoms with Crippen molar-refractivity contribution >= 4 is 34.3 Å². The van der Waals surface area contributed by atoms with Crippen molar-refractivity contribution in [3.63, 3.8) is 0 Å². The highest BCUT2D eigenvalue weighted by molar-refractivity contribution is 7.99. The second-order valence-electron chi connectivity index (χ2n) is 4.21. The van der Waals surface area contributed by atoms with Crippen LogP contribution in [0.2, 0.25) is 5.02 Å². The second kappa shape index (κ2) is 5.29. The molecule has 2 aromatic carbocycles. The minimum Gasteiger partial charge on any atom is -0.392 e. The number of fused-ring (bicyclic) bond motifs is 1. The Balaban J connectivity index is 2.01. The summed E-state index contributed by atoms with van der Waals surface area (Å²) >= 11 is 7.75. The molecule has 0 aliphatic heterocycles. The van der Waals surface area contributed by atoms with E-state index in [9.17, 15) is 5.11 Å². The molecule has 3 rings (SSSR count). The zero-order valence-electron chi connectivity index (χ0n) is 10.1. The third kappa shape index (κ3) is 2.50. The van der Waals surface area contributed by atoms with Crippen LogP contribution < -0.4 is 0 Å². The van der Waals surface area contributed by atoms with Crippen molar-refractivity contribution in [2.75, 3.05) is 0 Å². The summed E-state index contributed by atoms with van der Waals surface area (Å²) in [5.41, 5.74) is 1.94. The number of aliphatic hydroxyl groups is 1. The molecule has 4 heteroatoms. The van der Waals surface area contributed by atoms with Gasteiger partial charge in [0, 0.05) is 15.8 Å². The standard InChI is InChI=1S/C15H12ClNOS/c16-12-6-3-5-11(9-18)15(12)19-14-8-10-4-1-2-7-13(10)17-14/h1-8,17-18H,9H2. The first-order valence-electron chi connectivity index (χ1n) is 5.92. The van der Waals surface area contributed by atoms with Gasteiger partial charge in [0.2, 0.25) is 0 Å². The molecule has 1 heterocycles. The molecule has 19 heavy (non-hydrogen) atoms. The maximum Gasteiger partial charge on any atom is 0.0781 e. The predicted molar refractivity (Wildman–Crippen MR) is 79.8 cm³/mol. The van der Waals surface area contributed by atoms with Gasteiger partial charge in [-0.05, 0) is 23.8 Å². The Kier molecular flexibility index (Phi) is 3.51. The summed E-state index contributed by atoms with van der Waals surface area (Å²) in [7, 11) is 0. The predicted octanol–water partition coefficient (Wildman–Crippen LogP) is 4.46. The fraction of sp³-hybridized carbons (Fsp3) is 0.0667. The number of hydrogen-bond acceptors (Lipinski definition) is 2. The van der Waals surface area contributed by atoms with E-state index in [-0.39, 0.29) is 6.61 Å². The number of para-hydroxylation sites is 1. The van der Waals surface area contributed by atoms with Gasteiger partial charge in [0.1, 0.15) is 0 Å². The Morgan fingerprint density at radius 3 is 2.74 bits per heavy atom. The minimum absolute atomic E-state index is 0.0108. The zero-order valence-corrected chi connectivity index (χ0v) is 11.6. The fourth-order valence-corrected chi connectivity index (χ4v) is 3.31. The first-order chi connectivity index (χ1) is 9.28. The molecule has 0 saturated heterocycles. The smallest absolute Gasteiger partial charge is 0.0781 e. The lowest BCUT2D eigenvalue weighted by Crippen LogP contribution is -1.88. The first kappa shape index (κ1) is 12.6. The second-order valence-corrected chi connectivity index (χ2v) is 5.67. The summed E-state index contributed by atoms with van der Waals surface area (Å²) < 4.78 is 0. The molecule has 0 aliphatic rings. The summed E-state index contributed by atoms with van der Waals surface area (Å²) in [6.45, 7) is -0.0108. The van der Waals surface area contributed by atoms with Crippen molar-refractivity contribution in [1.82, 2.24) is 4.98 Å². The number of nitrogens with one attached hydrogen (secondary N) is 1. The van der Waals surface area contributed by atoms with Gasteiger partial charge in [-0.15, -0.1) is 0 Å². The van der Waals surface area contributed by atoms with Crippen LogP contribution in [0.1, 0.15) is 5.56 Å². The van der Waals surface area contributed by atoms with Crippen LogP contribution in [0, 0.1) is 0 Å². The minimum atomic E-state index is -0.0108. The molecular weight excluding hydrogens is 278 g/mol. The third-order valence-corrected chi connectivity index (χ3v) is 4.49. The Labute approximate surface area is 120 Å². The molecule has 0 atom stereocenters. The summed E-state index contributed by atoms with van der Waals surface area (Å²) in [4.78, 5) is 4.25. The molecule has 0 unspecified atom stereocenters. The van der Waals surface area contributed by atoms with Gasteiger partial charge in [-0.3, -0.25) is 0 Å². The van der Waals surface area contributed by atoms with Crippen molar-refractivity contribution in [1.29, 1.82) is 0 Å². The number of rotatable bonds is 3. The van der Waals surface area contributed by atoms with E-state index in [4.69, 9.17) is 11.6 Å². The van der Waals surface area contributed by atoms with Crippen molar-refractivity contribution in [2.24, 2.45) is 0 Å². The van der Waals surface area contributed by atoms with Crippen LogP contribution in [-0.2, 0) is 6.61 Å². The maximum absolute atomic E-state index is 9.38. The van der Waals surface area contributed by atoms with Gasteiger partial charge in [0.25, 0.3) is 0 Å². The number of H-pyrrole nitrogens is 1. The summed E-state index contributed by atoms with van der Waals surface area (Å²) in [6, 6.07) is 15.8. The maximum atomic E-state index is 9.38. The lowest BCUT2D eigenvalue weighted by molar-refractivity contribution is 0.279. The third-order valence-electron chi connectivity index (χ3n) is 2.94. The Morgan fingerprint density at radius 2 is 1.95 bits per heavy atom. The summed E-state index contributed by atoms with van der Waals surface area (Å²) in [5.74, 6) is 0. The molecular formula is C15H12ClNOS. The van der Waals surface area contributed by atoms with Gasteiger partial charge in [0.15, 0.2) is 0 Å². The Morgan fingerprint density at radius 1 is 1.11 bits per heavy atom. The molecule has 0 spiro atoms. The monoisotopic (exact) mass is 289 g/mol. The fourth-order valence-electron chi connectivity index (χ4n) is 2.00. The van der Waals surface area contributed by atoms with Crippen LogP contribution in [0.25, 0.3) is 10.9 Å². The quantitative estimate of drug-likeness (QED) is 0.746. The van der Waals surface area contributed by atoms with Crippen LogP contribution in [0.15, 0.2) is 58.5 Å². The number of hydrogen-bond donors (Lipinski definition) is 2. The van der Waals surface area contributed by atoms with E-state index in [1.54, 1.807) is 11.8 Å². The van der Waals surface area contributed by atoms with Crippen molar-refractivity contribution in [2.45, 2.75) is 16.5 Å². The lowest BCUT2D eigenvalue weighted by atomic mass is 10.2. The molecule has 0 aliphatic carbocycles. The van der Waals surface area contributed by atoms with E-state index in [1.165, 1.54) is 5.39 Å². The summed E-state index contributed by atoms with van der Waals surface area (Å²) in [6.07, 6.45) is 0. The van der Waals surface area contributed by atoms with Gasteiger partial charge in [0.05, 0.1) is 16.7 Å². The van der Waals surface area contributed by atoms with E-state index in [0.717, 1.165) is 21.0 Å². The highest BCUT2D eigenvalue weighted by Gasteiger charge is 2.10. The largest absolute Gasteiger partial charge is 0.392 e. The Bertz CT molecular complexity index is 690. The number of halogens is 1. The zero-order chi connectivity index (χ0) is 13.2. The average Bonchev–Trinajstić information content (AvgIpc) is 2.83. The van der Waals surface area contributed by atoms with Crippen LogP contribution in [0.4, 0.5) is 0 Å².